The van der Waals surface area contributed by atoms with Crippen LogP contribution in [-0.2, 0) is 10.0 Å². The Morgan fingerprint density at radius 3 is 2.42 bits per heavy atom. The van der Waals surface area contributed by atoms with Crippen LogP contribution < -0.4 is 10.0 Å². The molecule has 0 unspecified atom stereocenters. The molecule has 0 heterocycles. The van der Waals surface area contributed by atoms with Crippen molar-refractivity contribution < 1.29 is 13.2 Å². The maximum absolute atomic E-state index is 12.3. The predicted molar refractivity (Wildman–Crippen MR) is 93.9 cm³/mol. The summed E-state index contributed by atoms with van der Waals surface area (Å²) >= 11 is 6.04. The van der Waals surface area contributed by atoms with Crippen molar-refractivity contribution in [3.05, 3.63) is 58.6 Å². The summed E-state index contributed by atoms with van der Waals surface area (Å²) in [6.07, 6.45) is 1.75. The summed E-state index contributed by atoms with van der Waals surface area (Å²) in [5, 5.41) is 3.35. The van der Waals surface area contributed by atoms with Crippen LogP contribution in [0.4, 0.5) is 5.69 Å². The highest BCUT2D eigenvalue weighted by Gasteiger charge is 2.27. The zero-order valence-electron chi connectivity index (χ0n) is 13.0. The van der Waals surface area contributed by atoms with E-state index in [4.69, 9.17) is 11.6 Å². The zero-order valence-corrected chi connectivity index (χ0v) is 14.6. The van der Waals surface area contributed by atoms with E-state index in [0.29, 0.717) is 16.3 Å². The standard InChI is InChI=1S/C17H17ClN2O3S/c1-11-15(18)3-2-4-16(11)19-17(21)12-5-9-14(10-6-12)24(22,23)20-13-7-8-13/h2-6,9-10,13,20H,7-8H2,1H3,(H,19,21). The number of halogens is 1. The van der Waals surface area contributed by atoms with E-state index >= 15 is 0 Å². The molecule has 1 saturated carbocycles. The van der Waals surface area contributed by atoms with Gasteiger partial charge in [-0.2, -0.15) is 0 Å². The summed E-state index contributed by atoms with van der Waals surface area (Å²) in [6.45, 7) is 1.82. The molecule has 1 fully saturated rings. The Morgan fingerprint density at radius 1 is 1.12 bits per heavy atom. The van der Waals surface area contributed by atoms with Crippen LogP contribution in [0.25, 0.3) is 0 Å². The number of anilines is 1. The third-order valence-corrected chi connectivity index (χ3v) is 5.79. The van der Waals surface area contributed by atoms with Crippen LogP contribution in [0.5, 0.6) is 0 Å². The third kappa shape index (κ3) is 3.77. The molecule has 3 rings (SSSR count). The number of carbonyl (C=O) groups excluding carboxylic acids is 1. The number of benzene rings is 2. The second kappa shape index (κ2) is 6.55. The van der Waals surface area contributed by atoms with E-state index in [1.54, 1.807) is 18.2 Å². The minimum absolute atomic E-state index is 0.0452. The van der Waals surface area contributed by atoms with E-state index in [0.717, 1.165) is 18.4 Å². The zero-order chi connectivity index (χ0) is 17.3. The van der Waals surface area contributed by atoms with Crippen LogP contribution in [0.15, 0.2) is 47.4 Å². The molecule has 5 nitrogen and oxygen atoms in total. The largest absolute Gasteiger partial charge is 0.322 e. The van der Waals surface area contributed by atoms with Crippen molar-refractivity contribution in [2.45, 2.75) is 30.7 Å². The maximum Gasteiger partial charge on any atom is 0.255 e. The van der Waals surface area contributed by atoms with Gasteiger partial charge >= 0.3 is 0 Å². The Morgan fingerprint density at radius 2 is 1.79 bits per heavy atom. The number of sulfonamides is 1. The highest BCUT2D eigenvalue weighted by Crippen LogP contribution is 2.24. The Bertz CT molecular complexity index is 875. The third-order valence-electron chi connectivity index (χ3n) is 3.84. The monoisotopic (exact) mass is 364 g/mol. The van der Waals surface area contributed by atoms with Gasteiger partial charge in [-0.05, 0) is 61.7 Å². The molecule has 1 aliphatic carbocycles. The molecule has 0 aromatic heterocycles. The van der Waals surface area contributed by atoms with Gasteiger partial charge in [0.15, 0.2) is 0 Å². The van der Waals surface area contributed by atoms with Crippen molar-refractivity contribution in [2.75, 3.05) is 5.32 Å². The van der Waals surface area contributed by atoms with Crippen molar-refractivity contribution in [1.29, 1.82) is 0 Å². The summed E-state index contributed by atoms with van der Waals surface area (Å²) in [5.74, 6) is -0.320. The second-order valence-corrected chi connectivity index (χ2v) is 7.91. The normalized spacial score (nSPS) is 14.4. The van der Waals surface area contributed by atoms with E-state index in [2.05, 4.69) is 10.0 Å². The van der Waals surface area contributed by atoms with Crippen LogP contribution in [0, 0.1) is 6.92 Å². The lowest BCUT2D eigenvalue weighted by Gasteiger charge is -2.10. The van der Waals surface area contributed by atoms with Gasteiger partial charge in [-0.3, -0.25) is 4.79 Å². The van der Waals surface area contributed by atoms with Gasteiger partial charge in [-0.1, -0.05) is 17.7 Å². The van der Waals surface area contributed by atoms with E-state index in [1.807, 2.05) is 6.92 Å². The van der Waals surface area contributed by atoms with E-state index in [-0.39, 0.29) is 16.8 Å². The summed E-state index contributed by atoms with van der Waals surface area (Å²) in [5.41, 5.74) is 1.78. The minimum atomic E-state index is -3.51. The van der Waals surface area contributed by atoms with Crippen molar-refractivity contribution in [1.82, 2.24) is 4.72 Å². The molecule has 24 heavy (non-hydrogen) atoms. The Balaban J connectivity index is 1.75. The van der Waals surface area contributed by atoms with Crippen LogP contribution in [0.1, 0.15) is 28.8 Å². The Labute approximate surface area is 146 Å². The predicted octanol–water partition coefficient (Wildman–Crippen LogP) is 3.34. The smallest absolute Gasteiger partial charge is 0.255 e. The Hall–Kier alpha value is -1.89. The fraction of sp³-hybridized carbons (Fsp3) is 0.235. The van der Waals surface area contributed by atoms with Gasteiger partial charge in [-0.15, -0.1) is 0 Å². The number of amides is 1. The topological polar surface area (TPSA) is 75.3 Å². The van der Waals surface area contributed by atoms with Gasteiger partial charge in [0.1, 0.15) is 0 Å². The summed E-state index contributed by atoms with van der Waals surface area (Å²) in [6, 6.07) is 11.2. The second-order valence-electron chi connectivity index (χ2n) is 5.79. The number of nitrogens with one attached hydrogen (secondary N) is 2. The molecule has 7 heteroatoms. The molecular formula is C17H17ClN2O3S. The van der Waals surface area contributed by atoms with E-state index in [9.17, 15) is 13.2 Å². The van der Waals surface area contributed by atoms with E-state index in [1.165, 1.54) is 24.3 Å². The van der Waals surface area contributed by atoms with Crippen LogP contribution >= 0.6 is 11.6 Å². The molecule has 126 valence electrons. The average Bonchev–Trinajstić information content (AvgIpc) is 3.35. The van der Waals surface area contributed by atoms with Crippen molar-refractivity contribution in [2.24, 2.45) is 0 Å². The lowest BCUT2D eigenvalue weighted by Crippen LogP contribution is -2.25. The molecular weight excluding hydrogens is 348 g/mol. The fourth-order valence-corrected chi connectivity index (χ4v) is 3.69. The van der Waals surface area contributed by atoms with Crippen LogP contribution in [-0.4, -0.2) is 20.4 Å². The van der Waals surface area contributed by atoms with Gasteiger partial charge < -0.3 is 5.32 Å². The summed E-state index contributed by atoms with van der Waals surface area (Å²) in [4.78, 5) is 12.5. The van der Waals surface area contributed by atoms with Gasteiger partial charge in [-0.25, -0.2) is 13.1 Å². The number of rotatable bonds is 5. The summed E-state index contributed by atoms with van der Waals surface area (Å²) < 4.78 is 26.8. The lowest BCUT2D eigenvalue weighted by molar-refractivity contribution is 0.102. The van der Waals surface area contributed by atoms with Crippen molar-refractivity contribution in [3.63, 3.8) is 0 Å². The lowest BCUT2D eigenvalue weighted by atomic mass is 10.1. The Kier molecular flexibility index (Phi) is 4.62. The fourth-order valence-electron chi connectivity index (χ4n) is 2.21. The SMILES string of the molecule is Cc1c(Cl)cccc1NC(=O)c1ccc(S(=O)(=O)NC2CC2)cc1. The van der Waals surface area contributed by atoms with Gasteiger partial charge in [0.05, 0.1) is 4.90 Å². The van der Waals surface area contributed by atoms with Crippen molar-refractivity contribution in [3.8, 4) is 0 Å². The van der Waals surface area contributed by atoms with E-state index < -0.39 is 10.0 Å². The molecule has 2 N–H and O–H groups in total. The molecule has 0 aliphatic heterocycles. The average molecular weight is 365 g/mol. The molecule has 0 spiro atoms. The number of hydrogen-bond acceptors (Lipinski definition) is 3. The van der Waals surface area contributed by atoms with Crippen LogP contribution in [0.2, 0.25) is 5.02 Å². The molecule has 0 atom stereocenters. The summed E-state index contributed by atoms with van der Waals surface area (Å²) in [7, 11) is -3.51. The molecule has 2 aromatic carbocycles. The molecule has 0 saturated heterocycles. The quantitative estimate of drug-likeness (QED) is 0.854. The first kappa shape index (κ1) is 17.0. The minimum Gasteiger partial charge on any atom is -0.322 e. The highest BCUT2D eigenvalue weighted by molar-refractivity contribution is 7.89. The first-order valence-corrected chi connectivity index (χ1v) is 9.42. The number of hydrogen-bond donors (Lipinski definition) is 2. The molecule has 0 bridgehead atoms. The number of carbonyl (C=O) groups is 1. The van der Waals surface area contributed by atoms with Crippen LogP contribution in [0.3, 0.4) is 0 Å². The molecule has 1 amide bonds. The van der Waals surface area contributed by atoms with Gasteiger partial charge in [0.25, 0.3) is 5.91 Å². The highest BCUT2D eigenvalue weighted by atomic mass is 35.5. The van der Waals surface area contributed by atoms with Gasteiger partial charge in [0.2, 0.25) is 10.0 Å². The molecule has 0 radical (unpaired) electrons. The molecule has 1 aliphatic rings. The maximum atomic E-state index is 12.3. The first-order valence-electron chi connectivity index (χ1n) is 7.56. The van der Waals surface area contributed by atoms with Crippen molar-refractivity contribution >= 4 is 33.2 Å². The first-order chi connectivity index (χ1) is 11.4. The molecule has 2 aromatic rings. The van der Waals surface area contributed by atoms with Gasteiger partial charge in [0, 0.05) is 22.3 Å².